The van der Waals surface area contributed by atoms with E-state index in [-0.39, 0.29) is 11.9 Å². The molecule has 0 unspecified atom stereocenters. The molecule has 1 amide bonds. The molecule has 0 bridgehead atoms. The van der Waals surface area contributed by atoms with Crippen molar-refractivity contribution in [1.29, 1.82) is 0 Å². The summed E-state index contributed by atoms with van der Waals surface area (Å²) in [5.41, 5.74) is 2.93. The number of aryl methyl sites for hydroxylation is 1. The van der Waals surface area contributed by atoms with E-state index in [0.717, 1.165) is 19.3 Å². The summed E-state index contributed by atoms with van der Waals surface area (Å²) in [5.74, 6) is -0.158. The summed E-state index contributed by atoms with van der Waals surface area (Å²) in [6, 6.07) is 8.38. The van der Waals surface area contributed by atoms with Crippen LogP contribution in [-0.2, 0) is 6.42 Å². The summed E-state index contributed by atoms with van der Waals surface area (Å²) >= 11 is 0. The largest absolute Gasteiger partial charge is 0.344 e. The SMILES string of the molecule is O=C(N[C@@H]1CCCc2ccccc21)c1cnccn1. The highest BCUT2D eigenvalue weighted by atomic mass is 16.1. The lowest BCUT2D eigenvalue weighted by atomic mass is 9.88. The highest BCUT2D eigenvalue weighted by Crippen LogP contribution is 2.29. The molecule has 96 valence electrons. The fourth-order valence-corrected chi connectivity index (χ4v) is 2.55. The Labute approximate surface area is 111 Å². The normalized spacial score (nSPS) is 17.6. The van der Waals surface area contributed by atoms with Gasteiger partial charge in [0.05, 0.1) is 12.2 Å². The summed E-state index contributed by atoms with van der Waals surface area (Å²) in [5, 5.41) is 3.05. The summed E-state index contributed by atoms with van der Waals surface area (Å²) in [4.78, 5) is 20.1. The van der Waals surface area contributed by atoms with Gasteiger partial charge in [0.15, 0.2) is 0 Å². The summed E-state index contributed by atoms with van der Waals surface area (Å²) in [6.45, 7) is 0. The molecule has 1 aromatic heterocycles. The van der Waals surface area contributed by atoms with Gasteiger partial charge in [0.1, 0.15) is 5.69 Å². The zero-order valence-corrected chi connectivity index (χ0v) is 10.5. The average Bonchev–Trinajstić information content (AvgIpc) is 2.48. The molecule has 0 saturated heterocycles. The Morgan fingerprint density at radius 2 is 2.16 bits per heavy atom. The lowest BCUT2D eigenvalue weighted by molar-refractivity contribution is 0.0927. The number of hydrogen-bond donors (Lipinski definition) is 1. The minimum atomic E-state index is -0.158. The van der Waals surface area contributed by atoms with Crippen molar-refractivity contribution >= 4 is 5.91 Å². The second-order valence-electron chi connectivity index (χ2n) is 4.71. The van der Waals surface area contributed by atoms with Crippen molar-refractivity contribution in [3.63, 3.8) is 0 Å². The summed E-state index contributed by atoms with van der Waals surface area (Å²) < 4.78 is 0. The number of carbonyl (C=O) groups is 1. The molecule has 0 spiro atoms. The fourth-order valence-electron chi connectivity index (χ4n) is 2.55. The highest BCUT2D eigenvalue weighted by Gasteiger charge is 2.22. The van der Waals surface area contributed by atoms with Gasteiger partial charge in [-0.1, -0.05) is 24.3 Å². The first-order valence-corrected chi connectivity index (χ1v) is 6.49. The second kappa shape index (κ2) is 5.18. The zero-order chi connectivity index (χ0) is 13.1. The van der Waals surface area contributed by atoms with Crippen molar-refractivity contribution in [3.05, 3.63) is 59.7 Å². The van der Waals surface area contributed by atoms with Gasteiger partial charge in [-0.25, -0.2) is 4.98 Å². The average molecular weight is 253 g/mol. The quantitative estimate of drug-likeness (QED) is 0.893. The van der Waals surface area contributed by atoms with Crippen LogP contribution in [0.15, 0.2) is 42.9 Å². The molecule has 0 saturated carbocycles. The van der Waals surface area contributed by atoms with Gasteiger partial charge in [-0.2, -0.15) is 0 Å². The Bertz CT molecular complexity index is 583. The van der Waals surface area contributed by atoms with E-state index in [1.165, 1.54) is 23.5 Å². The van der Waals surface area contributed by atoms with Crippen molar-refractivity contribution in [2.45, 2.75) is 25.3 Å². The standard InChI is InChI=1S/C15H15N3O/c19-15(14-10-16-8-9-17-14)18-13-7-3-5-11-4-1-2-6-12(11)13/h1-2,4,6,8-10,13H,3,5,7H2,(H,18,19)/t13-/m1/s1. The molecule has 0 radical (unpaired) electrons. The molecule has 1 aliphatic rings. The van der Waals surface area contributed by atoms with Crippen LogP contribution in [-0.4, -0.2) is 15.9 Å². The second-order valence-corrected chi connectivity index (χ2v) is 4.71. The third-order valence-corrected chi connectivity index (χ3v) is 3.47. The summed E-state index contributed by atoms with van der Waals surface area (Å²) in [6.07, 6.45) is 7.75. The van der Waals surface area contributed by atoms with Crippen molar-refractivity contribution in [2.24, 2.45) is 0 Å². The van der Waals surface area contributed by atoms with Crippen LogP contribution in [0, 0.1) is 0 Å². The van der Waals surface area contributed by atoms with Crippen molar-refractivity contribution in [3.8, 4) is 0 Å². The molecule has 1 aliphatic carbocycles. The predicted octanol–water partition coefficient (Wildman–Crippen LogP) is 2.28. The smallest absolute Gasteiger partial charge is 0.271 e. The van der Waals surface area contributed by atoms with Gasteiger partial charge in [-0.3, -0.25) is 9.78 Å². The van der Waals surface area contributed by atoms with E-state index in [4.69, 9.17) is 0 Å². The van der Waals surface area contributed by atoms with Crippen LogP contribution in [0.4, 0.5) is 0 Å². The third kappa shape index (κ3) is 2.47. The van der Waals surface area contributed by atoms with Gasteiger partial charge in [0, 0.05) is 12.4 Å². The number of hydrogen-bond acceptors (Lipinski definition) is 3. The number of nitrogens with one attached hydrogen (secondary N) is 1. The maximum atomic E-state index is 12.1. The molecular weight excluding hydrogens is 238 g/mol. The first kappa shape index (κ1) is 11.8. The Morgan fingerprint density at radius 3 is 3.00 bits per heavy atom. The molecular formula is C15H15N3O. The highest BCUT2D eigenvalue weighted by molar-refractivity contribution is 5.92. The maximum absolute atomic E-state index is 12.1. The van der Waals surface area contributed by atoms with E-state index >= 15 is 0 Å². The number of rotatable bonds is 2. The molecule has 19 heavy (non-hydrogen) atoms. The number of aromatic nitrogens is 2. The molecule has 1 atom stereocenters. The zero-order valence-electron chi connectivity index (χ0n) is 10.5. The third-order valence-electron chi connectivity index (χ3n) is 3.47. The van der Waals surface area contributed by atoms with Crippen molar-refractivity contribution < 1.29 is 4.79 Å². The lowest BCUT2D eigenvalue weighted by Gasteiger charge is -2.26. The molecule has 1 N–H and O–H groups in total. The van der Waals surface area contributed by atoms with Gasteiger partial charge in [-0.05, 0) is 30.4 Å². The summed E-state index contributed by atoms with van der Waals surface area (Å²) in [7, 11) is 0. The monoisotopic (exact) mass is 253 g/mol. The lowest BCUT2D eigenvalue weighted by Crippen LogP contribution is -2.31. The first-order chi connectivity index (χ1) is 9.34. The van der Waals surface area contributed by atoms with Gasteiger partial charge in [-0.15, -0.1) is 0 Å². The number of nitrogens with zero attached hydrogens (tertiary/aromatic N) is 2. The number of benzene rings is 1. The Kier molecular flexibility index (Phi) is 3.23. The van der Waals surface area contributed by atoms with E-state index < -0.39 is 0 Å². The number of amides is 1. The van der Waals surface area contributed by atoms with Crippen LogP contribution in [0.25, 0.3) is 0 Å². The van der Waals surface area contributed by atoms with Crippen LogP contribution >= 0.6 is 0 Å². The molecule has 3 rings (SSSR count). The number of fused-ring (bicyclic) bond motifs is 1. The van der Waals surface area contributed by atoms with E-state index in [1.807, 2.05) is 12.1 Å². The van der Waals surface area contributed by atoms with Crippen LogP contribution in [0.5, 0.6) is 0 Å². The van der Waals surface area contributed by atoms with Gasteiger partial charge in [0.2, 0.25) is 0 Å². The Hall–Kier alpha value is -2.23. The molecule has 4 heteroatoms. The topological polar surface area (TPSA) is 54.9 Å². The van der Waals surface area contributed by atoms with Crippen LogP contribution in [0.3, 0.4) is 0 Å². The first-order valence-electron chi connectivity index (χ1n) is 6.49. The molecule has 1 heterocycles. The van der Waals surface area contributed by atoms with Gasteiger partial charge in [0.25, 0.3) is 5.91 Å². The van der Waals surface area contributed by atoms with Crippen LogP contribution in [0.2, 0.25) is 0 Å². The van der Waals surface area contributed by atoms with Gasteiger partial charge < -0.3 is 5.32 Å². The molecule has 2 aromatic rings. The molecule has 0 aliphatic heterocycles. The maximum Gasteiger partial charge on any atom is 0.271 e. The molecule has 1 aromatic carbocycles. The fraction of sp³-hybridized carbons (Fsp3) is 0.267. The van der Waals surface area contributed by atoms with E-state index in [0.29, 0.717) is 5.69 Å². The Balaban J connectivity index is 1.80. The predicted molar refractivity (Wildman–Crippen MR) is 71.6 cm³/mol. The Morgan fingerprint density at radius 1 is 1.26 bits per heavy atom. The number of carbonyl (C=O) groups excluding carboxylic acids is 1. The minimum absolute atomic E-state index is 0.0828. The van der Waals surface area contributed by atoms with Gasteiger partial charge >= 0.3 is 0 Å². The van der Waals surface area contributed by atoms with E-state index in [9.17, 15) is 4.79 Å². The van der Waals surface area contributed by atoms with E-state index in [2.05, 4.69) is 27.4 Å². The molecule has 0 fully saturated rings. The van der Waals surface area contributed by atoms with Crippen molar-refractivity contribution in [2.75, 3.05) is 0 Å². The van der Waals surface area contributed by atoms with E-state index in [1.54, 1.807) is 6.20 Å². The minimum Gasteiger partial charge on any atom is -0.344 e. The van der Waals surface area contributed by atoms with Crippen molar-refractivity contribution in [1.82, 2.24) is 15.3 Å². The molecule has 4 nitrogen and oxygen atoms in total. The van der Waals surface area contributed by atoms with Crippen LogP contribution < -0.4 is 5.32 Å². The van der Waals surface area contributed by atoms with Crippen LogP contribution in [0.1, 0.15) is 40.5 Å².